The third-order valence-corrected chi connectivity index (χ3v) is 3.40. The molecular weight excluding hydrogens is 322 g/mol. The smallest absolute Gasteiger partial charge is 0.305 e. The predicted octanol–water partition coefficient (Wildman–Crippen LogP) is 3.55. The first-order valence-electron chi connectivity index (χ1n) is 8.85. The Morgan fingerprint density at radius 3 is 2.36 bits per heavy atom. The van der Waals surface area contributed by atoms with E-state index in [-0.39, 0.29) is 18.5 Å². The molecule has 0 unspecified atom stereocenters. The number of ether oxygens (including phenoxy) is 3. The van der Waals surface area contributed by atoms with Gasteiger partial charge in [-0.2, -0.15) is 0 Å². The van der Waals surface area contributed by atoms with Crippen LogP contribution < -0.4 is 10.1 Å². The van der Waals surface area contributed by atoms with Gasteiger partial charge in [0, 0.05) is 19.0 Å². The van der Waals surface area contributed by atoms with Crippen molar-refractivity contribution in [2.24, 2.45) is 0 Å². The van der Waals surface area contributed by atoms with Gasteiger partial charge in [-0.3, -0.25) is 9.59 Å². The molecule has 0 radical (unpaired) electrons. The van der Waals surface area contributed by atoms with E-state index in [1.165, 1.54) is 6.92 Å². The molecule has 0 aliphatic carbocycles. The first kappa shape index (κ1) is 21.0. The van der Waals surface area contributed by atoms with Crippen molar-refractivity contribution in [1.82, 2.24) is 0 Å². The molecule has 6 nitrogen and oxygen atoms in total. The van der Waals surface area contributed by atoms with E-state index in [1.54, 1.807) is 24.3 Å². The lowest BCUT2D eigenvalue weighted by atomic mass is 10.2. The highest BCUT2D eigenvalue weighted by Gasteiger charge is 2.02. The molecule has 0 saturated heterocycles. The number of anilines is 1. The third-order valence-electron chi connectivity index (χ3n) is 3.40. The molecule has 1 rings (SSSR count). The Labute approximate surface area is 149 Å². The average molecular weight is 351 g/mol. The fraction of sp³-hybridized carbons (Fsp3) is 0.579. The van der Waals surface area contributed by atoms with Gasteiger partial charge in [-0.25, -0.2) is 0 Å². The molecule has 1 aromatic carbocycles. The van der Waals surface area contributed by atoms with Crippen LogP contribution in [0.2, 0.25) is 0 Å². The van der Waals surface area contributed by atoms with Crippen molar-refractivity contribution in [2.45, 2.75) is 46.0 Å². The summed E-state index contributed by atoms with van der Waals surface area (Å²) in [6.07, 6.45) is 4.77. The van der Waals surface area contributed by atoms with Crippen molar-refractivity contribution >= 4 is 17.6 Å². The minimum absolute atomic E-state index is 0.108. The Morgan fingerprint density at radius 2 is 1.68 bits per heavy atom. The number of hydrogen-bond donors (Lipinski definition) is 1. The van der Waals surface area contributed by atoms with Gasteiger partial charge >= 0.3 is 5.97 Å². The van der Waals surface area contributed by atoms with Crippen LogP contribution in [0.4, 0.5) is 5.69 Å². The van der Waals surface area contributed by atoms with Crippen LogP contribution in [0.3, 0.4) is 0 Å². The molecule has 0 heterocycles. The molecule has 1 N–H and O–H groups in total. The number of hydrogen-bond acceptors (Lipinski definition) is 5. The Morgan fingerprint density at radius 1 is 0.960 bits per heavy atom. The summed E-state index contributed by atoms with van der Waals surface area (Å²) in [6, 6.07) is 7.12. The van der Waals surface area contributed by atoms with Gasteiger partial charge in [0.2, 0.25) is 5.91 Å². The first-order chi connectivity index (χ1) is 12.1. The third kappa shape index (κ3) is 11.2. The molecule has 0 atom stereocenters. The number of benzene rings is 1. The summed E-state index contributed by atoms with van der Waals surface area (Å²) in [6.45, 7) is 5.07. The van der Waals surface area contributed by atoms with Crippen molar-refractivity contribution < 1.29 is 23.8 Å². The van der Waals surface area contributed by atoms with Gasteiger partial charge in [-0.05, 0) is 30.7 Å². The minimum Gasteiger partial charge on any atom is -0.491 e. The van der Waals surface area contributed by atoms with Gasteiger partial charge in [-0.15, -0.1) is 0 Å². The number of amides is 1. The molecule has 25 heavy (non-hydrogen) atoms. The molecule has 1 amide bonds. The maximum Gasteiger partial charge on any atom is 0.305 e. The van der Waals surface area contributed by atoms with E-state index < -0.39 is 0 Å². The topological polar surface area (TPSA) is 73.9 Å². The zero-order valence-corrected chi connectivity index (χ0v) is 15.2. The van der Waals surface area contributed by atoms with Crippen LogP contribution >= 0.6 is 0 Å². The summed E-state index contributed by atoms with van der Waals surface area (Å²) < 4.78 is 16.0. The zero-order chi connectivity index (χ0) is 18.3. The molecule has 0 aliphatic rings. The van der Waals surface area contributed by atoms with Crippen LogP contribution in [0.5, 0.6) is 5.75 Å². The Bertz CT molecular complexity index is 501. The molecule has 0 fully saturated rings. The van der Waals surface area contributed by atoms with Gasteiger partial charge in [0.15, 0.2) is 0 Å². The van der Waals surface area contributed by atoms with Crippen molar-refractivity contribution in [3.05, 3.63) is 24.3 Å². The van der Waals surface area contributed by atoms with Gasteiger partial charge < -0.3 is 19.5 Å². The summed E-state index contributed by atoms with van der Waals surface area (Å²) in [4.78, 5) is 22.4. The van der Waals surface area contributed by atoms with Crippen LogP contribution in [0.25, 0.3) is 0 Å². The Kier molecular flexibility index (Phi) is 11.1. The maximum absolute atomic E-state index is 11.4. The van der Waals surface area contributed by atoms with Gasteiger partial charge in [-0.1, -0.05) is 26.2 Å². The second-order valence-corrected chi connectivity index (χ2v) is 5.70. The van der Waals surface area contributed by atoms with Crippen LogP contribution in [0.1, 0.15) is 46.0 Å². The van der Waals surface area contributed by atoms with Crippen LogP contribution in [-0.2, 0) is 19.1 Å². The van der Waals surface area contributed by atoms with E-state index in [9.17, 15) is 9.59 Å². The maximum atomic E-state index is 11.4. The van der Waals surface area contributed by atoms with Gasteiger partial charge in [0.1, 0.15) is 19.0 Å². The average Bonchev–Trinajstić information content (AvgIpc) is 2.59. The number of esters is 1. The quantitative estimate of drug-likeness (QED) is 0.434. The lowest BCUT2D eigenvalue weighted by Crippen LogP contribution is -2.13. The first-order valence-corrected chi connectivity index (χ1v) is 8.85. The molecular formula is C19H29NO5. The fourth-order valence-corrected chi connectivity index (χ4v) is 2.14. The number of carbonyl (C=O) groups excluding carboxylic acids is 2. The van der Waals surface area contributed by atoms with Crippen molar-refractivity contribution in [3.8, 4) is 5.75 Å². The highest BCUT2D eigenvalue weighted by atomic mass is 16.6. The van der Waals surface area contributed by atoms with E-state index >= 15 is 0 Å². The standard InChI is InChI=1S/C19H29NO5/c1-3-4-5-6-7-19(22)25-15-13-23-12-14-24-18-10-8-17(9-11-18)20-16(2)21/h8-11H,3-7,12-15H2,1-2H3,(H,20,21). The second-order valence-electron chi connectivity index (χ2n) is 5.70. The lowest BCUT2D eigenvalue weighted by molar-refractivity contribution is -0.145. The molecule has 140 valence electrons. The predicted molar refractivity (Wildman–Crippen MR) is 96.8 cm³/mol. The van der Waals surface area contributed by atoms with Crippen molar-refractivity contribution in [2.75, 3.05) is 31.7 Å². The van der Waals surface area contributed by atoms with Gasteiger partial charge in [0.05, 0.1) is 13.2 Å². The summed E-state index contributed by atoms with van der Waals surface area (Å²) >= 11 is 0. The van der Waals surface area contributed by atoms with E-state index in [0.717, 1.165) is 31.4 Å². The monoisotopic (exact) mass is 351 g/mol. The van der Waals surface area contributed by atoms with E-state index in [1.807, 2.05) is 0 Å². The lowest BCUT2D eigenvalue weighted by Gasteiger charge is -2.09. The van der Waals surface area contributed by atoms with Crippen LogP contribution in [0.15, 0.2) is 24.3 Å². The summed E-state index contributed by atoms with van der Waals surface area (Å²) in [7, 11) is 0. The normalized spacial score (nSPS) is 10.3. The molecule has 1 aromatic rings. The van der Waals surface area contributed by atoms with E-state index in [0.29, 0.717) is 32.0 Å². The van der Waals surface area contributed by atoms with Crippen molar-refractivity contribution in [3.63, 3.8) is 0 Å². The number of rotatable bonds is 13. The molecule has 0 aromatic heterocycles. The highest BCUT2D eigenvalue weighted by molar-refractivity contribution is 5.88. The SMILES string of the molecule is CCCCCCC(=O)OCCOCCOc1ccc(NC(C)=O)cc1. The zero-order valence-electron chi connectivity index (χ0n) is 15.2. The fourth-order valence-electron chi connectivity index (χ4n) is 2.14. The minimum atomic E-state index is -0.157. The number of nitrogens with one attached hydrogen (secondary N) is 1. The summed E-state index contributed by atoms with van der Waals surface area (Å²) in [5.74, 6) is 0.440. The molecule has 6 heteroatoms. The van der Waals surface area contributed by atoms with Crippen molar-refractivity contribution in [1.29, 1.82) is 0 Å². The van der Waals surface area contributed by atoms with E-state index in [4.69, 9.17) is 14.2 Å². The second kappa shape index (κ2) is 13.2. The van der Waals surface area contributed by atoms with Crippen LogP contribution in [-0.4, -0.2) is 38.3 Å². The molecule has 0 spiro atoms. The Hall–Kier alpha value is -2.08. The van der Waals surface area contributed by atoms with E-state index in [2.05, 4.69) is 12.2 Å². The molecule has 0 saturated carbocycles. The number of unbranched alkanes of at least 4 members (excludes halogenated alkanes) is 3. The summed E-state index contributed by atoms with van der Waals surface area (Å²) in [5, 5.41) is 2.69. The van der Waals surface area contributed by atoms with Crippen LogP contribution in [0, 0.1) is 0 Å². The highest BCUT2D eigenvalue weighted by Crippen LogP contribution is 2.15. The summed E-state index contributed by atoms with van der Waals surface area (Å²) in [5.41, 5.74) is 0.729. The van der Waals surface area contributed by atoms with Gasteiger partial charge in [0.25, 0.3) is 0 Å². The largest absolute Gasteiger partial charge is 0.491 e. The molecule has 0 aliphatic heterocycles. The Balaban J connectivity index is 1.99. The molecule has 0 bridgehead atoms. The number of carbonyl (C=O) groups is 2.